The second-order valence-corrected chi connectivity index (χ2v) is 9.97. The molecular formula is C23H27ClFN3O. The van der Waals surface area contributed by atoms with Crippen LogP contribution in [0.4, 0.5) is 4.39 Å². The van der Waals surface area contributed by atoms with Crippen molar-refractivity contribution in [1.82, 2.24) is 15.1 Å². The molecule has 4 saturated carbocycles. The molecule has 6 rings (SSSR count). The zero-order valence-corrected chi connectivity index (χ0v) is 17.7. The Morgan fingerprint density at radius 1 is 1.17 bits per heavy atom. The molecule has 4 fully saturated rings. The predicted octanol–water partition coefficient (Wildman–Crippen LogP) is 5.31. The summed E-state index contributed by atoms with van der Waals surface area (Å²) in [4.78, 5) is 13.2. The number of halogens is 2. The molecule has 29 heavy (non-hydrogen) atoms. The van der Waals surface area contributed by atoms with E-state index in [0.29, 0.717) is 16.9 Å². The van der Waals surface area contributed by atoms with Crippen LogP contribution in [0.25, 0.3) is 5.69 Å². The second-order valence-electron chi connectivity index (χ2n) is 9.61. The lowest BCUT2D eigenvalue weighted by atomic mass is 9.48. The Balaban J connectivity index is 1.38. The van der Waals surface area contributed by atoms with Gasteiger partial charge in [0.15, 0.2) is 0 Å². The van der Waals surface area contributed by atoms with Crippen LogP contribution in [0, 0.1) is 35.9 Å². The normalized spacial score (nSPS) is 31.1. The fourth-order valence-electron chi connectivity index (χ4n) is 6.64. The minimum Gasteiger partial charge on any atom is -0.349 e. The van der Waals surface area contributed by atoms with Gasteiger partial charge in [0.05, 0.1) is 16.9 Å². The molecule has 0 radical (unpaired) electrons. The van der Waals surface area contributed by atoms with E-state index in [-0.39, 0.29) is 28.3 Å². The standard InChI is InChI=1S/C23H27ClFN3O/c1-13-20(21(24)28(27-13)19-5-3-18(25)4-6-19)22(29)26-14(2)23-10-15-7-16(11-23)9-17(8-15)12-23/h3-6,14-17H,7-12H2,1-2H3,(H,26,29)/t14-,15?,16?,17?,23?/m1/s1. The van der Waals surface area contributed by atoms with Gasteiger partial charge in [-0.15, -0.1) is 0 Å². The molecule has 0 saturated heterocycles. The SMILES string of the molecule is Cc1nn(-c2ccc(F)cc2)c(Cl)c1C(=O)N[C@H](C)C12CC3CC(CC(C3)C1)C2. The largest absolute Gasteiger partial charge is 0.349 e. The van der Waals surface area contributed by atoms with Crippen LogP contribution in [0.5, 0.6) is 0 Å². The van der Waals surface area contributed by atoms with E-state index < -0.39 is 0 Å². The van der Waals surface area contributed by atoms with Crippen molar-refractivity contribution < 1.29 is 9.18 Å². The van der Waals surface area contributed by atoms with Gasteiger partial charge in [0, 0.05) is 6.04 Å². The summed E-state index contributed by atoms with van der Waals surface area (Å²) in [5.74, 6) is 2.03. The van der Waals surface area contributed by atoms with Gasteiger partial charge in [0.1, 0.15) is 11.0 Å². The maximum absolute atomic E-state index is 13.2. The summed E-state index contributed by atoms with van der Waals surface area (Å²) in [5.41, 5.74) is 1.85. The number of carbonyl (C=O) groups excluding carboxylic acids is 1. The number of hydrogen-bond donors (Lipinski definition) is 1. The minimum absolute atomic E-state index is 0.119. The highest BCUT2D eigenvalue weighted by Crippen LogP contribution is 2.61. The van der Waals surface area contributed by atoms with Crippen LogP contribution >= 0.6 is 11.6 Å². The fourth-order valence-corrected chi connectivity index (χ4v) is 7.00. The van der Waals surface area contributed by atoms with E-state index in [1.807, 2.05) is 0 Å². The monoisotopic (exact) mass is 415 g/mol. The number of aryl methyl sites for hydroxylation is 1. The molecule has 1 aromatic carbocycles. The van der Waals surface area contributed by atoms with Gasteiger partial charge in [-0.3, -0.25) is 4.79 Å². The van der Waals surface area contributed by atoms with Crippen LogP contribution < -0.4 is 5.32 Å². The lowest BCUT2D eigenvalue weighted by Gasteiger charge is -2.59. The molecule has 4 aliphatic rings. The van der Waals surface area contributed by atoms with Crippen LogP contribution in [0.1, 0.15) is 61.5 Å². The molecule has 0 aliphatic heterocycles. The Morgan fingerprint density at radius 3 is 2.28 bits per heavy atom. The Kier molecular flexibility index (Phi) is 4.50. The second kappa shape index (κ2) is 6.83. The lowest BCUT2D eigenvalue weighted by Crippen LogP contribution is -2.55. The molecular weight excluding hydrogens is 389 g/mol. The van der Waals surface area contributed by atoms with Crippen LogP contribution in [-0.4, -0.2) is 21.7 Å². The summed E-state index contributed by atoms with van der Waals surface area (Å²) < 4.78 is 14.7. The van der Waals surface area contributed by atoms with E-state index in [1.165, 1.54) is 55.3 Å². The molecule has 6 heteroatoms. The first-order valence-electron chi connectivity index (χ1n) is 10.7. The first-order valence-corrected chi connectivity index (χ1v) is 11.0. The van der Waals surface area contributed by atoms with Gasteiger partial charge in [-0.25, -0.2) is 9.07 Å². The van der Waals surface area contributed by atoms with Gasteiger partial charge in [-0.1, -0.05) is 11.6 Å². The number of nitrogens with one attached hydrogen (secondary N) is 1. The molecule has 0 unspecified atom stereocenters. The highest BCUT2D eigenvalue weighted by Gasteiger charge is 2.53. The van der Waals surface area contributed by atoms with Crippen LogP contribution in [-0.2, 0) is 0 Å². The lowest BCUT2D eigenvalue weighted by molar-refractivity contribution is -0.0688. The van der Waals surface area contributed by atoms with Crippen molar-refractivity contribution in [2.75, 3.05) is 0 Å². The van der Waals surface area contributed by atoms with E-state index in [4.69, 9.17) is 11.6 Å². The Bertz CT molecular complexity index is 916. The fraction of sp³-hybridized carbons (Fsp3) is 0.565. The Labute approximate surface area is 175 Å². The van der Waals surface area contributed by atoms with Gasteiger partial charge < -0.3 is 5.32 Å². The van der Waals surface area contributed by atoms with Gasteiger partial charge in [0.25, 0.3) is 5.91 Å². The van der Waals surface area contributed by atoms with E-state index in [0.717, 1.165) is 17.8 Å². The molecule has 1 atom stereocenters. The first kappa shape index (κ1) is 19.1. The smallest absolute Gasteiger partial charge is 0.256 e. The minimum atomic E-state index is -0.323. The summed E-state index contributed by atoms with van der Waals surface area (Å²) in [7, 11) is 0. The molecule has 1 amide bonds. The molecule has 4 aliphatic carbocycles. The van der Waals surface area contributed by atoms with Crippen LogP contribution in [0.3, 0.4) is 0 Å². The number of aromatic nitrogens is 2. The third kappa shape index (κ3) is 3.18. The van der Waals surface area contributed by atoms with Gasteiger partial charge >= 0.3 is 0 Å². The number of hydrogen-bond acceptors (Lipinski definition) is 2. The molecule has 1 N–H and O–H groups in total. The predicted molar refractivity (Wildman–Crippen MR) is 111 cm³/mol. The number of benzene rings is 1. The van der Waals surface area contributed by atoms with Crippen molar-refractivity contribution in [3.05, 3.63) is 46.5 Å². The maximum Gasteiger partial charge on any atom is 0.256 e. The van der Waals surface area contributed by atoms with Gasteiger partial charge in [-0.2, -0.15) is 5.10 Å². The summed E-state index contributed by atoms with van der Waals surface area (Å²) in [6, 6.07) is 6.05. The van der Waals surface area contributed by atoms with E-state index >= 15 is 0 Å². The van der Waals surface area contributed by atoms with Gasteiger partial charge in [0.2, 0.25) is 0 Å². The Hall–Kier alpha value is -1.88. The Morgan fingerprint density at radius 2 is 1.72 bits per heavy atom. The van der Waals surface area contributed by atoms with Crippen LogP contribution in [0.2, 0.25) is 5.15 Å². The number of carbonyl (C=O) groups is 1. The van der Waals surface area contributed by atoms with Crippen LogP contribution in [0.15, 0.2) is 24.3 Å². The first-order chi connectivity index (χ1) is 13.8. The molecule has 0 spiro atoms. The van der Waals surface area contributed by atoms with Gasteiger partial charge in [-0.05, 0) is 99.8 Å². The van der Waals surface area contributed by atoms with Crippen molar-refractivity contribution in [3.63, 3.8) is 0 Å². The van der Waals surface area contributed by atoms with Crippen molar-refractivity contribution in [3.8, 4) is 5.69 Å². The zero-order valence-electron chi connectivity index (χ0n) is 16.9. The summed E-state index contributed by atoms with van der Waals surface area (Å²) in [6.07, 6.45) is 7.87. The summed E-state index contributed by atoms with van der Waals surface area (Å²) in [6.45, 7) is 3.95. The molecule has 154 valence electrons. The molecule has 4 bridgehead atoms. The topological polar surface area (TPSA) is 46.9 Å². The highest BCUT2D eigenvalue weighted by molar-refractivity contribution is 6.33. The van der Waals surface area contributed by atoms with Crippen molar-refractivity contribution in [2.24, 2.45) is 23.2 Å². The molecule has 1 heterocycles. The zero-order chi connectivity index (χ0) is 20.3. The van der Waals surface area contributed by atoms with E-state index in [2.05, 4.69) is 17.3 Å². The summed E-state index contributed by atoms with van der Waals surface area (Å²) in [5, 5.41) is 7.97. The highest BCUT2D eigenvalue weighted by atomic mass is 35.5. The third-order valence-electron chi connectivity index (χ3n) is 7.65. The molecule has 4 nitrogen and oxygen atoms in total. The summed E-state index contributed by atoms with van der Waals surface area (Å²) >= 11 is 6.55. The number of amides is 1. The average Bonchev–Trinajstić information content (AvgIpc) is 2.95. The third-order valence-corrected chi connectivity index (χ3v) is 8.00. The average molecular weight is 416 g/mol. The van der Waals surface area contributed by atoms with E-state index in [9.17, 15) is 9.18 Å². The van der Waals surface area contributed by atoms with Crippen molar-refractivity contribution in [1.29, 1.82) is 0 Å². The van der Waals surface area contributed by atoms with E-state index in [1.54, 1.807) is 19.1 Å². The van der Waals surface area contributed by atoms with Crippen molar-refractivity contribution >= 4 is 17.5 Å². The number of rotatable bonds is 4. The molecule has 1 aromatic heterocycles. The van der Waals surface area contributed by atoms with Crippen molar-refractivity contribution in [2.45, 2.75) is 58.4 Å². The maximum atomic E-state index is 13.2. The molecule has 2 aromatic rings. The quantitative estimate of drug-likeness (QED) is 0.735. The number of nitrogens with zero attached hydrogens (tertiary/aromatic N) is 2.